The SMILES string of the molecule is [c]1cccc2cc3ncccc3cc12. The van der Waals surface area contributed by atoms with Crippen molar-refractivity contribution in [3.05, 3.63) is 54.7 Å². The number of hydrogen-bond acceptors (Lipinski definition) is 1. The molecule has 3 aromatic rings. The number of rotatable bonds is 0. The Labute approximate surface area is 82.0 Å². The molecular formula is C13H8N. The molecule has 0 fully saturated rings. The number of benzene rings is 2. The fourth-order valence-corrected chi connectivity index (χ4v) is 1.69. The Bertz CT molecular complexity index is 494. The van der Waals surface area contributed by atoms with Crippen molar-refractivity contribution in [2.45, 2.75) is 0 Å². The van der Waals surface area contributed by atoms with Gasteiger partial charge in [-0.3, -0.25) is 4.98 Å². The normalized spacial score (nSPS) is 10.9. The van der Waals surface area contributed by atoms with Crippen molar-refractivity contribution in [3.63, 3.8) is 0 Å². The first-order valence-electron chi connectivity index (χ1n) is 4.59. The summed E-state index contributed by atoms with van der Waals surface area (Å²) >= 11 is 0. The van der Waals surface area contributed by atoms with Crippen molar-refractivity contribution < 1.29 is 0 Å². The average Bonchev–Trinajstić information content (AvgIpc) is 2.26. The Morgan fingerprint density at radius 2 is 1.93 bits per heavy atom. The molecule has 0 N–H and O–H groups in total. The summed E-state index contributed by atoms with van der Waals surface area (Å²) in [5.74, 6) is 0. The molecule has 1 heteroatoms. The predicted octanol–water partition coefficient (Wildman–Crippen LogP) is 3.19. The zero-order chi connectivity index (χ0) is 9.38. The second-order valence-electron chi connectivity index (χ2n) is 3.31. The van der Waals surface area contributed by atoms with Crippen molar-refractivity contribution in [3.8, 4) is 0 Å². The van der Waals surface area contributed by atoms with Crippen LogP contribution in [0.25, 0.3) is 21.7 Å². The van der Waals surface area contributed by atoms with Crippen LogP contribution in [0.1, 0.15) is 0 Å². The highest BCUT2D eigenvalue weighted by Gasteiger charge is 1.96. The van der Waals surface area contributed by atoms with Crippen LogP contribution in [0.15, 0.2) is 48.7 Å². The zero-order valence-corrected chi connectivity index (χ0v) is 7.57. The van der Waals surface area contributed by atoms with E-state index in [1.165, 1.54) is 10.8 Å². The van der Waals surface area contributed by atoms with Gasteiger partial charge in [-0.2, -0.15) is 0 Å². The standard InChI is InChI=1S/C13H8N/c1-2-5-11-9-13-12(6-3-7-14-13)8-10(11)4-1/h1-3,5-9H. The minimum Gasteiger partial charge on any atom is -0.256 e. The van der Waals surface area contributed by atoms with Gasteiger partial charge in [0.05, 0.1) is 5.52 Å². The van der Waals surface area contributed by atoms with E-state index in [1.807, 2.05) is 24.4 Å². The summed E-state index contributed by atoms with van der Waals surface area (Å²) in [6, 6.07) is 17.5. The third kappa shape index (κ3) is 1.06. The zero-order valence-electron chi connectivity index (χ0n) is 7.57. The van der Waals surface area contributed by atoms with Gasteiger partial charge in [-0.25, -0.2) is 0 Å². The monoisotopic (exact) mass is 178 g/mol. The summed E-state index contributed by atoms with van der Waals surface area (Å²) in [4.78, 5) is 4.32. The first-order chi connectivity index (χ1) is 6.93. The number of nitrogens with zero attached hydrogens (tertiary/aromatic N) is 1. The molecule has 1 radical (unpaired) electrons. The number of aromatic nitrogens is 1. The second-order valence-corrected chi connectivity index (χ2v) is 3.31. The van der Waals surface area contributed by atoms with Gasteiger partial charge in [0, 0.05) is 11.6 Å². The highest BCUT2D eigenvalue weighted by atomic mass is 14.6. The van der Waals surface area contributed by atoms with E-state index in [-0.39, 0.29) is 0 Å². The first-order valence-corrected chi connectivity index (χ1v) is 4.59. The highest BCUT2D eigenvalue weighted by Crippen LogP contribution is 2.20. The lowest BCUT2D eigenvalue weighted by Gasteiger charge is -1.99. The van der Waals surface area contributed by atoms with Gasteiger partial charge in [0.2, 0.25) is 0 Å². The Kier molecular flexibility index (Phi) is 1.51. The number of pyridine rings is 1. The molecule has 0 aliphatic carbocycles. The van der Waals surface area contributed by atoms with Gasteiger partial charge in [-0.1, -0.05) is 24.3 Å². The molecule has 1 heterocycles. The van der Waals surface area contributed by atoms with Crippen LogP contribution in [0.4, 0.5) is 0 Å². The molecule has 1 aromatic heterocycles. The molecule has 0 saturated heterocycles. The van der Waals surface area contributed by atoms with Gasteiger partial charge in [-0.15, -0.1) is 0 Å². The van der Waals surface area contributed by atoms with Crippen molar-refractivity contribution in [2.24, 2.45) is 0 Å². The van der Waals surface area contributed by atoms with Crippen LogP contribution in [0, 0.1) is 6.07 Å². The molecule has 0 aliphatic heterocycles. The Morgan fingerprint density at radius 3 is 2.93 bits per heavy atom. The van der Waals surface area contributed by atoms with Crippen LogP contribution in [0.5, 0.6) is 0 Å². The number of fused-ring (bicyclic) bond motifs is 2. The first kappa shape index (κ1) is 7.51. The fraction of sp³-hybridized carbons (Fsp3) is 0. The molecule has 3 rings (SSSR count). The summed E-state index contributed by atoms with van der Waals surface area (Å²) < 4.78 is 0. The Hall–Kier alpha value is -1.89. The van der Waals surface area contributed by atoms with Gasteiger partial charge < -0.3 is 0 Å². The summed E-state index contributed by atoms with van der Waals surface area (Å²) in [7, 11) is 0. The van der Waals surface area contributed by atoms with Crippen LogP contribution in [-0.4, -0.2) is 4.98 Å². The fourth-order valence-electron chi connectivity index (χ4n) is 1.69. The molecule has 1 nitrogen and oxygen atoms in total. The maximum atomic E-state index is 4.32. The topological polar surface area (TPSA) is 12.9 Å². The lowest BCUT2D eigenvalue weighted by Crippen LogP contribution is -1.78. The summed E-state index contributed by atoms with van der Waals surface area (Å²) in [6.07, 6.45) is 1.82. The van der Waals surface area contributed by atoms with Crippen molar-refractivity contribution in [1.82, 2.24) is 4.98 Å². The molecule has 65 valence electrons. The third-order valence-electron chi connectivity index (χ3n) is 2.39. The molecular weight excluding hydrogens is 170 g/mol. The summed E-state index contributed by atoms with van der Waals surface area (Å²) in [6.45, 7) is 0. The van der Waals surface area contributed by atoms with E-state index in [2.05, 4.69) is 35.3 Å². The lowest BCUT2D eigenvalue weighted by atomic mass is 10.1. The Balaban J connectivity index is 2.52. The van der Waals surface area contributed by atoms with Crippen molar-refractivity contribution in [1.29, 1.82) is 0 Å². The average molecular weight is 178 g/mol. The quantitative estimate of drug-likeness (QED) is 0.482. The van der Waals surface area contributed by atoms with E-state index in [1.54, 1.807) is 0 Å². The maximum Gasteiger partial charge on any atom is 0.0708 e. The third-order valence-corrected chi connectivity index (χ3v) is 2.39. The Morgan fingerprint density at radius 1 is 1.00 bits per heavy atom. The predicted molar refractivity (Wildman–Crippen MR) is 58.1 cm³/mol. The number of hydrogen-bond donors (Lipinski definition) is 0. The minimum absolute atomic E-state index is 1.04. The van der Waals surface area contributed by atoms with Crippen LogP contribution < -0.4 is 0 Å². The molecule has 0 spiro atoms. The van der Waals surface area contributed by atoms with Crippen LogP contribution in [0.3, 0.4) is 0 Å². The van der Waals surface area contributed by atoms with Gasteiger partial charge in [-0.05, 0) is 35.0 Å². The van der Waals surface area contributed by atoms with Gasteiger partial charge in [0.1, 0.15) is 0 Å². The van der Waals surface area contributed by atoms with Gasteiger partial charge in [0.25, 0.3) is 0 Å². The maximum absolute atomic E-state index is 4.32. The van der Waals surface area contributed by atoms with E-state index < -0.39 is 0 Å². The molecule has 2 aromatic carbocycles. The van der Waals surface area contributed by atoms with E-state index >= 15 is 0 Å². The van der Waals surface area contributed by atoms with E-state index in [9.17, 15) is 0 Å². The van der Waals surface area contributed by atoms with Crippen molar-refractivity contribution >= 4 is 21.7 Å². The second kappa shape index (κ2) is 2.81. The van der Waals surface area contributed by atoms with Crippen LogP contribution in [0.2, 0.25) is 0 Å². The molecule has 0 bridgehead atoms. The molecule has 0 amide bonds. The van der Waals surface area contributed by atoms with E-state index in [0.29, 0.717) is 0 Å². The summed E-state index contributed by atoms with van der Waals surface area (Å²) in [5.41, 5.74) is 1.04. The van der Waals surface area contributed by atoms with Crippen molar-refractivity contribution in [2.75, 3.05) is 0 Å². The van der Waals surface area contributed by atoms with Crippen LogP contribution in [-0.2, 0) is 0 Å². The van der Waals surface area contributed by atoms with Gasteiger partial charge >= 0.3 is 0 Å². The van der Waals surface area contributed by atoms with Crippen LogP contribution >= 0.6 is 0 Å². The summed E-state index contributed by atoms with van der Waals surface area (Å²) in [5, 5.41) is 3.51. The smallest absolute Gasteiger partial charge is 0.0708 e. The molecule has 14 heavy (non-hydrogen) atoms. The minimum atomic E-state index is 1.04. The van der Waals surface area contributed by atoms with E-state index in [0.717, 1.165) is 10.9 Å². The molecule has 0 unspecified atom stereocenters. The molecule has 0 atom stereocenters. The van der Waals surface area contributed by atoms with Gasteiger partial charge in [0.15, 0.2) is 0 Å². The molecule has 0 aliphatic rings. The largest absolute Gasteiger partial charge is 0.256 e. The lowest BCUT2D eigenvalue weighted by molar-refractivity contribution is 1.42. The highest BCUT2D eigenvalue weighted by molar-refractivity contribution is 5.95. The van der Waals surface area contributed by atoms with E-state index in [4.69, 9.17) is 0 Å². The molecule has 0 saturated carbocycles.